The van der Waals surface area contributed by atoms with Crippen molar-refractivity contribution in [1.82, 2.24) is 9.78 Å². The first-order chi connectivity index (χ1) is 8.96. The van der Waals surface area contributed by atoms with E-state index < -0.39 is 6.36 Å². The summed E-state index contributed by atoms with van der Waals surface area (Å²) in [6.45, 7) is 2.55. The molecule has 0 aliphatic heterocycles. The molecule has 1 aromatic carbocycles. The predicted octanol–water partition coefficient (Wildman–Crippen LogP) is 3.39. The van der Waals surface area contributed by atoms with E-state index in [1.807, 2.05) is 13.1 Å². The summed E-state index contributed by atoms with van der Waals surface area (Å²) in [5.74, 6) is -0.217. The van der Waals surface area contributed by atoms with Gasteiger partial charge >= 0.3 is 6.36 Å². The molecule has 102 valence electrons. The minimum atomic E-state index is -4.65. The van der Waals surface area contributed by atoms with Crippen LogP contribution < -0.4 is 4.74 Å². The summed E-state index contributed by atoms with van der Waals surface area (Å²) in [7, 11) is 0. The van der Waals surface area contributed by atoms with Gasteiger partial charge in [-0.15, -0.1) is 13.2 Å². The molecule has 6 heteroatoms. The van der Waals surface area contributed by atoms with E-state index in [2.05, 4.69) is 9.84 Å². The lowest BCUT2D eigenvalue weighted by Gasteiger charge is -2.09. The lowest BCUT2D eigenvalue weighted by Crippen LogP contribution is -2.17. The fraction of sp³-hybridized carbons (Fsp3) is 0.308. The maximum absolute atomic E-state index is 12.0. The first kappa shape index (κ1) is 13.5. The second kappa shape index (κ2) is 5.34. The Balaban J connectivity index is 2.02. The van der Waals surface area contributed by atoms with Gasteiger partial charge in [-0.1, -0.05) is 19.1 Å². The number of rotatable bonds is 4. The molecule has 19 heavy (non-hydrogen) atoms. The Morgan fingerprint density at radius 3 is 2.37 bits per heavy atom. The van der Waals surface area contributed by atoms with E-state index in [-0.39, 0.29) is 5.75 Å². The Hall–Kier alpha value is -1.98. The van der Waals surface area contributed by atoms with Crippen molar-refractivity contribution in [1.29, 1.82) is 0 Å². The van der Waals surface area contributed by atoms with Crippen molar-refractivity contribution >= 4 is 0 Å². The Morgan fingerprint density at radius 1 is 1.16 bits per heavy atom. The Bertz CT molecular complexity index is 532. The third-order valence-electron chi connectivity index (χ3n) is 2.60. The van der Waals surface area contributed by atoms with E-state index in [4.69, 9.17) is 0 Å². The van der Waals surface area contributed by atoms with E-state index in [0.29, 0.717) is 6.54 Å². The average molecular weight is 270 g/mol. The summed E-state index contributed by atoms with van der Waals surface area (Å²) in [6.07, 6.45) is -0.0564. The molecule has 0 bridgehead atoms. The molecule has 0 saturated carbocycles. The highest BCUT2D eigenvalue weighted by Gasteiger charge is 2.30. The molecule has 2 aromatic rings. The molecule has 0 saturated heterocycles. The zero-order valence-electron chi connectivity index (χ0n) is 10.3. The van der Waals surface area contributed by atoms with E-state index in [0.717, 1.165) is 17.5 Å². The van der Waals surface area contributed by atoms with Crippen LogP contribution in [0.5, 0.6) is 5.75 Å². The van der Waals surface area contributed by atoms with E-state index >= 15 is 0 Å². The SMILES string of the molecule is CCc1cnn(Cc2ccc(OC(F)(F)F)cc2)c1. The lowest BCUT2D eigenvalue weighted by molar-refractivity contribution is -0.274. The summed E-state index contributed by atoms with van der Waals surface area (Å²) >= 11 is 0. The van der Waals surface area contributed by atoms with Crippen LogP contribution in [0.15, 0.2) is 36.7 Å². The molecule has 0 aliphatic rings. The van der Waals surface area contributed by atoms with Crippen molar-refractivity contribution in [3.05, 3.63) is 47.8 Å². The van der Waals surface area contributed by atoms with Gasteiger partial charge in [-0.05, 0) is 29.7 Å². The first-order valence-electron chi connectivity index (χ1n) is 5.82. The highest BCUT2D eigenvalue weighted by Crippen LogP contribution is 2.22. The number of aryl methyl sites for hydroxylation is 1. The van der Waals surface area contributed by atoms with Gasteiger partial charge in [-0.2, -0.15) is 5.10 Å². The van der Waals surface area contributed by atoms with E-state index in [1.165, 1.54) is 12.1 Å². The molecule has 0 amide bonds. The third-order valence-corrected chi connectivity index (χ3v) is 2.60. The predicted molar refractivity (Wildman–Crippen MR) is 63.8 cm³/mol. The van der Waals surface area contributed by atoms with Gasteiger partial charge in [0.15, 0.2) is 0 Å². The van der Waals surface area contributed by atoms with Crippen LogP contribution in [0.2, 0.25) is 0 Å². The number of ether oxygens (including phenoxy) is 1. The summed E-state index contributed by atoms with van der Waals surface area (Å²) in [6, 6.07) is 5.78. The van der Waals surface area contributed by atoms with Crippen LogP contribution in [0.3, 0.4) is 0 Å². The van der Waals surface area contributed by atoms with Gasteiger partial charge < -0.3 is 4.74 Å². The Kier molecular flexibility index (Phi) is 3.78. The number of aromatic nitrogens is 2. The average Bonchev–Trinajstić information content (AvgIpc) is 2.77. The van der Waals surface area contributed by atoms with Crippen LogP contribution in [-0.4, -0.2) is 16.1 Å². The normalized spacial score (nSPS) is 11.6. The number of benzene rings is 1. The number of hydrogen-bond donors (Lipinski definition) is 0. The second-order valence-electron chi connectivity index (χ2n) is 4.09. The van der Waals surface area contributed by atoms with Crippen molar-refractivity contribution < 1.29 is 17.9 Å². The van der Waals surface area contributed by atoms with Crippen molar-refractivity contribution in [3.8, 4) is 5.75 Å². The Morgan fingerprint density at radius 2 is 1.84 bits per heavy atom. The van der Waals surface area contributed by atoms with Gasteiger partial charge in [-0.3, -0.25) is 4.68 Å². The molecular weight excluding hydrogens is 257 g/mol. The molecule has 2 rings (SSSR count). The number of halogens is 3. The van der Waals surface area contributed by atoms with Gasteiger partial charge in [0, 0.05) is 6.20 Å². The molecule has 3 nitrogen and oxygen atoms in total. The monoisotopic (exact) mass is 270 g/mol. The summed E-state index contributed by atoms with van der Waals surface area (Å²) < 4.78 is 41.5. The quantitative estimate of drug-likeness (QED) is 0.851. The second-order valence-corrected chi connectivity index (χ2v) is 4.09. The van der Waals surface area contributed by atoms with Crippen molar-refractivity contribution in [3.63, 3.8) is 0 Å². The summed E-state index contributed by atoms with van der Waals surface area (Å²) in [5.41, 5.74) is 1.98. The minimum Gasteiger partial charge on any atom is -0.406 e. The molecule has 0 aliphatic carbocycles. The highest BCUT2D eigenvalue weighted by atomic mass is 19.4. The van der Waals surface area contributed by atoms with Gasteiger partial charge in [0.1, 0.15) is 5.75 Å². The third kappa shape index (κ3) is 4.01. The van der Waals surface area contributed by atoms with E-state index in [1.54, 1.807) is 23.0 Å². The lowest BCUT2D eigenvalue weighted by atomic mass is 10.2. The van der Waals surface area contributed by atoms with Gasteiger partial charge in [0.25, 0.3) is 0 Å². The maximum Gasteiger partial charge on any atom is 0.573 e. The van der Waals surface area contributed by atoms with Crippen LogP contribution in [0, 0.1) is 0 Å². The molecule has 1 aromatic heterocycles. The largest absolute Gasteiger partial charge is 0.573 e. The maximum atomic E-state index is 12.0. The summed E-state index contributed by atoms with van der Waals surface area (Å²) in [5, 5.41) is 4.17. The van der Waals surface area contributed by atoms with Crippen molar-refractivity contribution in [2.24, 2.45) is 0 Å². The molecule has 0 fully saturated rings. The van der Waals surface area contributed by atoms with Crippen LogP contribution in [0.4, 0.5) is 13.2 Å². The smallest absolute Gasteiger partial charge is 0.406 e. The van der Waals surface area contributed by atoms with Crippen molar-refractivity contribution in [2.45, 2.75) is 26.3 Å². The summed E-state index contributed by atoms with van der Waals surface area (Å²) in [4.78, 5) is 0. The fourth-order valence-electron chi connectivity index (χ4n) is 1.66. The molecule has 0 atom stereocenters. The van der Waals surface area contributed by atoms with Gasteiger partial charge in [0.2, 0.25) is 0 Å². The molecule has 1 heterocycles. The number of alkyl halides is 3. The molecule has 0 radical (unpaired) electrons. The fourth-order valence-corrected chi connectivity index (χ4v) is 1.66. The van der Waals surface area contributed by atoms with Crippen LogP contribution in [0.25, 0.3) is 0 Å². The first-order valence-corrected chi connectivity index (χ1v) is 5.82. The van der Waals surface area contributed by atoms with Crippen LogP contribution in [-0.2, 0) is 13.0 Å². The molecular formula is C13H13F3N2O. The number of hydrogen-bond acceptors (Lipinski definition) is 2. The zero-order chi connectivity index (χ0) is 13.9. The Labute approximate surface area is 108 Å². The topological polar surface area (TPSA) is 27.1 Å². The van der Waals surface area contributed by atoms with Crippen molar-refractivity contribution in [2.75, 3.05) is 0 Å². The van der Waals surface area contributed by atoms with E-state index in [9.17, 15) is 13.2 Å². The van der Waals surface area contributed by atoms with Gasteiger partial charge in [-0.25, -0.2) is 0 Å². The molecule has 0 spiro atoms. The highest BCUT2D eigenvalue weighted by molar-refractivity contribution is 5.27. The standard InChI is InChI=1S/C13H13F3N2O/c1-2-10-7-17-18(8-10)9-11-3-5-12(6-4-11)19-13(14,15)16/h3-8H,2,9H2,1H3. The zero-order valence-corrected chi connectivity index (χ0v) is 10.3. The number of nitrogens with zero attached hydrogens (tertiary/aromatic N) is 2. The molecule has 0 N–H and O–H groups in total. The van der Waals surface area contributed by atoms with Crippen LogP contribution >= 0.6 is 0 Å². The van der Waals surface area contributed by atoms with Gasteiger partial charge in [0.05, 0.1) is 12.7 Å². The minimum absolute atomic E-state index is 0.217. The molecule has 0 unspecified atom stereocenters. The van der Waals surface area contributed by atoms with Crippen LogP contribution in [0.1, 0.15) is 18.1 Å².